The van der Waals surface area contributed by atoms with Gasteiger partial charge in [-0.15, -0.1) is 0 Å². The molecule has 2 aromatic rings. The first-order valence-electron chi connectivity index (χ1n) is 7.97. The van der Waals surface area contributed by atoms with Gasteiger partial charge in [0.1, 0.15) is 0 Å². The summed E-state index contributed by atoms with van der Waals surface area (Å²) in [6, 6.07) is 9.78. The molecular formula is C17H22N4O2. The van der Waals surface area contributed by atoms with Crippen LogP contribution in [0.5, 0.6) is 0 Å². The largest absolute Gasteiger partial charge is 0.394 e. The Morgan fingerprint density at radius 1 is 1.30 bits per heavy atom. The Balaban J connectivity index is 1.63. The summed E-state index contributed by atoms with van der Waals surface area (Å²) in [5.41, 5.74) is 2.22. The number of hydrogen-bond acceptors (Lipinski definition) is 3. The molecule has 2 N–H and O–H groups in total. The molecule has 1 unspecified atom stereocenters. The van der Waals surface area contributed by atoms with E-state index >= 15 is 0 Å². The van der Waals surface area contributed by atoms with Crippen LogP contribution in [0.25, 0.3) is 0 Å². The third kappa shape index (κ3) is 3.71. The molecule has 2 amide bonds. The van der Waals surface area contributed by atoms with E-state index in [2.05, 4.69) is 16.5 Å². The molecule has 0 bridgehead atoms. The van der Waals surface area contributed by atoms with Crippen LogP contribution in [-0.4, -0.2) is 45.0 Å². The van der Waals surface area contributed by atoms with Gasteiger partial charge in [-0.05, 0) is 30.0 Å². The number of likely N-dealkylation sites (tertiary alicyclic amines) is 1. The lowest BCUT2D eigenvalue weighted by Gasteiger charge is -2.23. The number of hydrogen-bond donors (Lipinski definition) is 2. The molecular weight excluding hydrogens is 292 g/mol. The number of carbonyl (C=O) groups excluding carboxylic acids is 1. The molecule has 1 aliphatic heterocycles. The predicted octanol–water partition coefficient (Wildman–Crippen LogP) is 1.60. The van der Waals surface area contributed by atoms with Gasteiger partial charge in [-0.1, -0.05) is 24.3 Å². The van der Waals surface area contributed by atoms with Crippen LogP contribution in [0.2, 0.25) is 0 Å². The number of carbonyl (C=O) groups is 1. The topological polar surface area (TPSA) is 70.4 Å². The smallest absolute Gasteiger partial charge is 0.317 e. The number of rotatable bonds is 5. The number of aliphatic hydroxyl groups is 1. The second-order valence-corrected chi connectivity index (χ2v) is 5.80. The van der Waals surface area contributed by atoms with Crippen molar-refractivity contribution in [2.75, 3.05) is 13.2 Å². The average molecular weight is 314 g/mol. The number of urea groups is 1. The first kappa shape index (κ1) is 15.6. The highest BCUT2D eigenvalue weighted by Gasteiger charge is 2.27. The SMILES string of the molecule is O=C(NCc1ccccc1Cn1cccn1)N1CCCC1CO. The summed E-state index contributed by atoms with van der Waals surface area (Å²) in [6.07, 6.45) is 5.51. The van der Waals surface area contributed by atoms with Crippen molar-refractivity contribution in [3.05, 3.63) is 53.9 Å². The molecule has 1 fully saturated rings. The average Bonchev–Trinajstić information content (AvgIpc) is 3.25. The molecule has 1 aromatic heterocycles. The van der Waals surface area contributed by atoms with Crippen LogP contribution in [0.15, 0.2) is 42.7 Å². The maximum Gasteiger partial charge on any atom is 0.317 e. The lowest BCUT2D eigenvalue weighted by molar-refractivity contribution is 0.157. The predicted molar refractivity (Wildman–Crippen MR) is 86.8 cm³/mol. The second kappa shape index (κ2) is 7.28. The van der Waals surface area contributed by atoms with Crippen molar-refractivity contribution in [3.8, 4) is 0 Å². The minimum atomic E-state index is -0.101. The number of aromatic nitrogens is 2. The van der Waals surface area contributed by atoms with Crippen LogP contribution >= 0.6 is 0 Å². The molecule has 0 spiro atoms. The highest BCUT2D eigenvalue weighted by Crippen LogP contribution is 2.17. The number of aliphatic hydroxyl groups excluding tert-OH is 1. The maximum absolute atomic E-state index is 12.3. The monoisotopic (exact) mass is 314 g/mol. The third-order valence-electron chi connectivity index (χ3n) is 4.29. The van der Waals surface area contributed by atoms with Gasteiger partial charge < -0.3 is 15.3 Å². The Hall–Kier alpha value is -2.34. The van der Waals surface area contributed by atoms with E-state index in [4.69, 9.17) is 0 Å². The molecule has 1 aromatic carbocycles. The summed E-state index contributed by atoms with van der Waals surface area (Å²) >= 11 is 0. The van der Waals surface area contributed by atoms with Crippen molar-refractivity contribution in [1.29, 1.82) is 0 Å². The molecule has 6 nitrogen and oxygen atoms in total. The Morgan fingerprint density at radius 2 is 2.13 bits per heavy atom. The van der Waals surface area contributed by atoms with Gasteiger partial charge in [-0.25, -0.2) is 4.79 Å². The summed E-state index contributed by atoms with van der Waals surface area (Å²) in [6.45, 7) is 1.91. The van der Waals surface area contributed by atoms with Gasteiger partial charge in [0.15, 0.2) is 0 Å². The van der Waals surface area contributed by atoms with Gasteiger partial charge in [0.25, 0.3) is 0 Å². The second-order valence-electron chi connectivity index (χ2n) is 5.80. The standard InChI is InChI=1S/C17H22N4O2/c22-13-16-7-3-10-21(16)17(23)18-11-14-5-1-2-6-15(14)12-20-9-4-8-19-20/h1-2,4-6,8-9,16,22H,3,7,10-13H2,(H,18,23). The third-order valence-corrected chi connectivity index (χ3v) is 4.29. The van der Waals surface area contributed by atoms with Crippen molar-refractivity contribution in [3.63, 3.8) is 0 Å². The van der Waals surface area contributed by atoms with E-state index in [9.17, 15) is 9.90 Å². The van der Waals surface area contributed by atoms with E-state index in [0.717, 1.165) is 24.0 Å². The van der Waals surface area contributed by atoms with E-state index in [1.807, 2.05) is 35.1 Å². The molecule has 23 heavy (non-hydrogen) atoms. The highest BCUT2D eigenvalue weighted by atomic mass is 16.3. The van der Waals surface area contributed by atoms with Gasteiger partial charge in [0.2, 0.25) is 0 Å². The fourth-order valence-electron chi connectivity index (χ4n) is 3.02. The summed E-state index contributed by atoms with van der Waals surface area (Å²) in [5, 5.41) is 16.5. The van der Waals surface area contributed by atoms with E-state index in [1.165, 1.54) is 0 Å². The van der Waals surface area contributed by atoms with Gasteiger partial charge in [0.05, 0.1) is 19.2 Å². The Kier molecular flexibility index (Phi) is 4.92. The zero-order valence-electron chi connectivity index (χ0n) is 13.1. The normalized spacial score (nSPS) is 17.4. The number of benzene rings is 1. The molecule has 0 radical (unpaired) electrons. The van der Waals surface area contributed by atoms with E-state index in [1.54, 1.807) is 11.1 Å². The molecule has 2 heterocycles. The van der Waals surface area contributed by atoms with Gasteiger partial charge in [-0.2, -0.15) is 5.10 Å². The van der Waals surface area contributed by atoms with Crippen LogP contribution in [-0.2, 0) is 13.1 Å². The lowest BCUT2D eigenvalue weighted by atomic mass is 10.1. The van der Waals surface area contributed by atoms with Crippen LogP contribution in [0.4, 0.5) is 4.79 Å². The Bertz CT molecular complexity index is 642. The zero-order chi connectivity index (χ0) is 16.1. The van der Waals surface area contributed by atoms with Crippen molar-refractivity contribution in [2.45, 2.75) is 32.0 Å². The fraction of sp³-hybridized carbons (Fsp3) is 0.412. The molecule has 0 aliphatic carbocycles. The van der Waals surface area contributed by atoms with Crippen molar-refractivity contribution in [1.82, 2.24) is 20.0 Å². The lowest BCUT2D eigenvalue weighted by Crippen LogP contribution is -2.44. The van der Waals surface area contributed by atoms with Crippen LogP contribution in [0, 0.1) is 0 Å². The van der Waals surface area contributed by atoms with Gasteiger partial charge >= 0.3 is 6.03 Å². The van der Waals surface area contributed by atoms with E-state index in [0.29, 0.717) is 19.6 Å². The number of amides is 2. The van der Waals surface area contributed by atoms with Crippen LogP contribution in [0.1, 0.15) is 24.0 Å². The minimum absolute atomic E-state index is 0.0311. The molecule has 1 aliphatic rings. The highest BCUT2D eigenvalue weighted by molar-refractivity contribution is 5.74. The van der Waals surface area contributed by atoms with E-state index in [-0.39, 0.29) is 18.7 Å². The summed E-state index contributed by atoms with van der Waals surface area (Å²) in [4.78, 5) is 14.0. The first-order chi connectivity index (χ1) is 11.3. The van der Waals surface area contributed by atoms with Crippen LogP contribution < -0.4 is 5.32 Å². The quantitative estimate of drug-likeness (QED) is 0.880. The summed E-state index contributed by atoms with van der Waals surface area (Å²) < 4.78 is 1.86. The molecule has 122 valence electrons. The molecule has 6 heteroatoms. The molecule has 1 atom stereocenters. The van der Waals surface area contributed by atoms with Crippen molar-refractivity contribution in [2.24, 2.45) is 0 Å². The summed E-state index contributed by atoms with van der Waals surface area (Å²) in [7, 11) is 0. The van der Waals surface area contributed by atoms with Gasteiger partial charge in [0, 0.05) is 25.5 Å². The van der Waals surface area contributed by atoms with Crippen molar-refractivity contribution < 1.29 is 9.90 Å². The summed E-state index contributed by atoms with van der Waals surface area (Å²) in [5.74, 6) is 0. The maximum atomic E-state index is 12.3. The fourth-order valence-corrected chi connectivity index (χ4v) is 3.02. The Morgan fingerprint density at radius 3 is 2.87 bits per heavy atom. The minimum Gasteiger partial charge on any atom is -0.394 e. The Labute approximate surface area is 135 Å². The van der Waals surface area contributed by atoms with Crippen LogP contribution in [0.3, 0.4) is 0 Å². The molecule has 1 saturated heterocycles. The molecule has 0 saturated carbocycles. The number of nitrogens with zero attached hydrogens (tertiary/aromatic N) is 3. The van der Waals surface area contributed by atoms with Crippen molar-refractivity contribution >= 4 is 6.03 Å². The number of nitrogens with one attached hydrogen (secondary N) is 1. The van der Waals surface area contributed by atoms with E-state index < -0.39 is 0 Å². The zero-order valence-corrected chi connectivity index (χ0v) is 13.1. The molecule has 3 rings (SSSR count). The van der Waals surface area contributed by atoms with Gasteiger partial charge in [-0.3, -0.25) is 4.68 Å². The first-order valence-corrected chi connectivity index (χ1v) is 7.97.